The molecule has 0 amide bonds. The minimum atomic E-state index is 0.327. The van der Waals surface area contributed by atoms with E-state index >= 15 is 0 Å². The van der Waals surface area contributed by atoms with Crippen LogP contribution in [0.2, 0.25) is 0 Å². The van der Waals surface area contributed by atoms with Crippen LogP contribution in [0, 0.1) is 17.3 Å². The van der Waals surface area contributed by atoms with E-state index in [0.717, 1.165) is 25.2 Å². The predicted octanol–water partition coefficient (Wildman–Crippen LogP) is 4.59. The number of alkyl halides is 1. The van der Waals surface area contributed by atoms with Crippen LogP contribution in [0.15, 0.2) is 6.07 Å². The minimum absolute atomic E-state index is 0.327. The first-order valence-electron chi connectivity index (χ1n) is 7.97. The Kier molecular flexibility index (Phi) is 4.84. The number of halogens is 1. The first-order valence-corrected chi connectivity index (χ1v) is 8.40. The molecule has 0 N–H and O–H groups in total. The van der Waals surface area contributed by atoms with E-state index in [-0.39, 0.29) is 0 Å². The zero-order valence-corrected chi connectivity index (χ0v) is 14.4. The van der Waals surface area contributed by atoms with E-state index in [1.807, 2.05) is 4.68 Å². The van der Waals surface area contributed by atoms with Gasteiger partial charge in [-0.2, -0.15) is 5.10 Å². The van der Waals surface area contributed by atoms with Crippen molar-refractivity contribution < 1.29 is 0 Å². The van der Waals surface area contributed by atoms with E-state index in [2.05, 4.69) is 45.9 Å². The average Bonchev–Trinajstić information content (AvgIpc) is 2.71. The molecule has 1 saturated carbocycles. The van der Waals surface area contributed by atoms with E-state index in [1.54, 1.807) is 0 Å². The molecule has 20 heavy (non-hydrogen) atoms. The first kappa shape index (κ1) is 15.9. The maximum atomic E-state index is 6.61. The van der Waals surface area contributed by atoms with Crippen LogP contribution >= 0.6 is 11.6 Å². The van der Waals surface area contributed by atoms with E-state index in [9.17, 15) is 0 Å². The van der Waals surface area contributed by atoms with Gasteiger partial charge in [-0.15, -0.1) is 11.6 Å². The molecule has 1 aromatic rings. The third-order valence-corrected chi connectivity index (χ3v) is 5.55. The van der Waals surface area contributed by atoms with Crippen molar-refractivity contribution in [2.24, 2.45) is 24.3 Å². The van der Waals surface area contributed by atoms with Crippen LogP contribution in [0.5, 0.6) is 0 Å². The molecule has 0 aromatic carbocycles. The van der Waals surface area contributed by atoms with Crippen LogP contribution in [0.3, 0.4) is 0 Å². The van der Waals surface area contributed by atoms with Crippen molar-refractivity contribution in [2.75, 3.05) is 0 Å². The summed E-state index contributed by atoms with van der Waals surface area (Å²) in [6.45, 7) is 9.25. The van der Waals surface area contributed by atoms with Gasteiger partial charge in [-0.1, -0.05) is 27.7 Å². The fraction of sp³-hybridized carbons (Fsp3) is 0.824. The maximum Gasteiger partial charge on any atom is 0.0624 e. The molecule has 114 valence electrons. The topological polar surface area (TPSA) is 17.8 Å². The van der Waals surface area contributed by atoms with Gasteiger partial charge in [0.15, 0.2) is 0 Å². The summed E-state index contributed by atoms with van der Waals surface area (Å²) in [5.74, 6) is 1.39. The molecule has 3 atom stereocenters. The zero-order chi connectivity index (χ0) is 14.9. The number of rotatable bonds is 3. The molecule has 0 aliphatic heterocycles. The molecule has 3 heteroatoms. The Morgan fingerprint density at radius 2 is 2.05 bits per heavy atom. The second-order valence-electron chi connectivity index (χ2n) is 7.46. The minimum Gasteiger partial charge on any atom is -0.272 e. The lowest BCUT2D eigenvalue weighted by atomic mass is 9.68. The predicted molar refractivity (Wildman–Crippen MR) is 86.2 cm³/mol. The average molecular weight is 297 g/mol. The summed E-state index contributed by atoms with van der Waals surface area (Å²) in [5.41, 5.74) is 2.93. The molecule has 2 nitrogen and oxygen atoms in total. The Labute approximate surface area is 128 Å². The highest BCUT2D eigenvalue weighted by molar-refractivity contribution is 6.20. The largest absolute Gasteiger partial charge is 0.272 e. The van der Waals surface area contributed by atoms with E-state index in [1.165, 1.54) is 24.2 Å². The molecule has 1 aromatic heterocycles. The lowest BCUT2D eigenvalue weighted by molar-refractivity contribution is 0.143. The van der Waals surface area contributed by atoms with Crippen LogP contribution in [0.4, 0.5) is 0 Å². The molecule has 1 heterocycles. The van der Waals surface area contributed by atoms with Crippen molar-refractivity contribution in [3.8, 4) is 0 Å². The first-order chi connectivity index (χ1) is 9.31. The normalized spacial score (nSPS) is 27.8. The van der Waals surface area contributed by atoms with Crippen molar-refractivity contribution in [3.63, 3.8) is 0 Å². The molecule has 0 bridgehead atoms. The van der Waals surface area contributed by atoms with Gasteiger partial charge in [0.05, 0.1) is 5.69 Å². The smallest absolute Gasteiger partial charge is 0.0624 e. The highest BCUT2D eigenvalue weighted by atomic mass is 35.5. The van der Waals surface area contributed by atoms with Crippen molar-refractivity contribution in [2.45, 2.75) is 65.2 Å². The molecular weight excluding hydrogens is 268 g/mol. The van der Waals surface area contributed by atoms with Crippen LogP contribution < -0.4 is 0 Å². The Balaban J connectivity index is 2.08. The van der Waals surface area contributed by atoms with E-state index in [0.29, 0.717) is 16.7 Å². The van der Waals surface area contributed by atoms with Crippen molar-refractivity contribution >= 4 is 11.6 Å². The second-order valence-corrected chi connectivity index (χ2v) is 8.02. The van der Waals surface area contributed by atoms with E-state index < -0.39 is 0 Å². The highest BCUT2D eigenvalue weighted by Crippen LogP contribution is 2.43. The van der Waals surface area contributed by atoms with Gasteiger partial charge in [-0.05, 0) is 55.4 Å². The zero-order valence-electron chi connectivity index (χ0n) is 13.6. The molecule has 2 rings (SSSR count). The monoisotopic (exact) mass is 296 g/mol. The lowest BCUT2D eigenvalue weighted by Gasteiger charge is -2.40. The van der Waals surface area contributed by atoms with Gasteiger partial charge >= 0.3 is 0 Å². The summed E-state index contributed by atoms with van der Waals surface area (Å²) >= 11 is 6.61. The maximum absolute atomic E-state index is 6.61. The Morgan fingerprint density at radius 3 is 2.60 bits per heavy atom. The number of hydrogen-bond acceptors (Lipinski definition) is 1. The van der Waals surface area contributed by atoms with Crippen molar-refractivity contribution in [1.29, 1.82) is 0 Å². The molecule has 0 spiro atoms. The fourth-order valence-corrected chi connectivity index (χ4v) is 3.75. The lowest BCUT2D eigenvalue weighted by Crippen LogP contribution is -2.33. The van der Waals surface area contributed by atoms with Gasteiger partial charge in [0, 0.05) is 18.1 Å². The Hall–Kier alpha value is -0.500. The molecular formula is C17H29ClN2. The standard InChI is InChI=1S/C17H29ClN2/c1-6-14-11-15(20(5)19-14)10-12-9-13(17(2,3)4)7-8-16(12)18/h11-13,16H,6-10H2,1-5H3. The second kappa shape index (κ2) is 6.09. The number of nitrogens with zero attached hydrogens (tertiary/aromatic N) is 2. The third kappa shape index (κ3) is 3.58. The Morgan fingerprint density at radius 1 is 1.35 bits per heavy atom. The fourth-order valence-electron chi connectivity index (χ4n) is 3.43. The number of hydrogen-bond donors (Lipinski definition) is 0. The van der Waals surface area contributed by atoms with Gasteiger partial charge in [0.25, 0.3) is 0 Å². The summed E-state index contributed by atoms with van der Waals surface area (Å²) in [4.78, 5) is 0. The summed E-state index contributed by atoms with van der Waals surface area (Å²) in [6, 6.07) is 2.25. The van der Waals surface area contributed by atoms with Gasteiger partial charge in [0.1, 0.15) is 0 Å². The van der Waals surface area contributed by atoms with Crippen LogP contribution in [0.1, 0.15) is 58.3 Å². The van der Waals surface area contributed by atoms with Gasteiger partial charge in [-0.3, -0.25) is 4.68 Å². The van der Waals surface area contributed by atoms with E-state index in [4.69, 9.17) is 11.6 Å². The summed E-state index contributed by atoms with van der Waals surface area (Å²) in [6.07, 6.45) is 5.77. The van der Waals surface area contributed by atoms with Gasteiger partial charge in [0.2, 0.25) is 0 Å². The SMILES string of the molecule is CCc1cc(CC2CC(C(C)(C)C)CCC2Cl)n(C)n1. The summed E-state index contributed by atoms with van der Waals surface area (Å²) < 4.78 is 2.04. The molecule has 0 saturated heterocycles. The van der Waals surface area contributed by atoms with Crippen LogP contribution in [0.25, 0.3) is 0 Å². The highest BCUT2D eigenvalue weighted by Gasteiger charge is 2.35. The number of aryl methyl sites for hydroxylation is 2. The third-order valence-electron chi connectivity index (χ3n) is 4.98. The number of aromatic nitrogens is 2. The van der Waals surface area contributed by atoms with Crippen LogP contribution in [-0.2, 0) is 19.9 Å². The summed E-state index contributed by atoms with van der Waals surface area (Å²) in [7, 11) is 2.06. The Bertz CT molecular complexity index is 444. The molecule has 0 radical (unpaired) electrons. The quantitative estimate of drug-likeness (QED) is 0.746. The molecule has 1 aliphatic rings. The summed E-state index contributed by atoms with van der Waals surface area (Å²) in [5, 5.41) is 4.89. The van der Waals surface area contributed by atoms with Gasteiger partial charge < -0.3 is 0 Å². The van der Waals surface area contributed by atoms with Crippen LogP contribution in [-0.4, -0.2) is 15.2 Å². The van der Waals surface area contributed by atoms with Gasteiger partial charge in [-0.25, -0.2) is 0 Å². The van der Waals surface area contributed by atoms with Crippen molar-refractivity contribution in [3.05, 3.63) is 17.5 Å². The molecule has 1 aliphatic carbocycles. The molecule has 1 fully saturated rings. The molecule has 3 unspecified atom stereocenters. The van der Waals surface area contributed by atoms with Crippen molar-refractivity contribution in [1.82, 2.24) is 9.78 Å².